The number of amides is 1. The van der Waals surface area contributed by atoms with E-state index in [0.29, 0.717) is 19.2 Å². The van der Waals surface area contributed by atoms with Gasteiger partial charge in [0.1, 0.15) is 17.8 Å². The maximum absolute atomic E-state index is 12.2. The van der Waals surface area contributed by atoms with Gasteiger partial charge in [0.05, 0.1) is 18.5 Å². The zero-order chi connectivity index (χ0) is 15.1. The van der Waals surface area contributed by atoms with E-state index in [2.05, 4.69) is 20.2 Å². The van der Waals surface area contributed by atoms with Crippen LogP contribution in [0.1, 0.15) is 12.8 Å². The van der Waals surface area contributed by atoms with E-state index in [4.69, 9.17) is 4.74 Å². The molecule has 1 aliphatic carbocycles. The van der Waals surface area contributed by atoms with Crippen LogP contribution in [0.5, 0.6) is 0 Å². The molecule has 2 aromatic rings. The number of hydrogen-bond donors (Lipinski definition) is 1. The van der Waals surface area contributed by atoms with Crippen LogP contribution < -0.4 is 10.2 Å². The van der Waals surface area contributed by atoms with Gasteiger partial charge in [0.25, 0.3) is 5.91 Å². The van der Waals surface area contributed by atoms with Crippen LogP contribution in [0.4, 0.5) is 5.82 Å². The lowest BCUT2D eigenvalue weighted by Gasteiger charge is -2.33. The van der Waals surface area contributed by atoms with E-state index in [1.165, 1.54) is 0 Å². The van der Waals surface area contributed by atoms with Gasteiger partial charge in [0.15, 0.2) is 6.10 Å². The number of ether oxygens (including phenoxy) is 1. The Morgan fingerprint density at radius 1 is 1.41 bits per heavy atom. The Bertz CT molecular complexity index is 709. The van der Waals surface area contributed by atoms with Crippen molar-refractivity contribution < 1.29 is 9.53 Å². The lowest BCUT2D eigenvalue weighted by atomic mass is 10.2. The van der Waals surface area contributed by atoms with E-state index >= 15 is 0 Å². The number of nitrogens with one attached hydrogen (secondary N) is 1. The van der Waals surface area contributed by atoms with Gasteiger partial charge in [-0.25, -0.2) is 9.97 Å². The molecule has 1 amide bonds. The van der Waals surface area contributed by atoms with Gasteiger partial charge in [0, 0.05) is 25.8 Å². The van der Waals surface area contributed by atoms with E-state index in [0.717, 1.165) is 36.2 Å². The highest BCUT2D eigenvalue weighted by Gasteiger charge is 2.32. The third-order valence-corrected chi connectivity index (χ3v) is 4.22. The number of aryl methyl sites for hydroxylation is 1. The zero-order valence-electron chi connectivity index (χ0n) is 12.5. The van der Waals surface area contributed by atoms with Crippen molar-refractivity contribution in [2.45, 2.75) is 25.0 Å². The number of fused-ring (bicyclic) bond motifs is 1. The summed E-state index contributed by atoms with van der Waals surface area (Å²) >= 11 is 0. The minimum Gasteiger partial charge on any atom is -0.365 e. The minimum atomic E-state index is -0.428. The molecule has 1 unspecified atom stereocenters. The summed E-state index contributed by atoms with van der Waals surface area (Å²) in [6.07, 6.45) is 5.29. The molecular formula is C15H19N5O2. The SMILES string of the molecule is Cn1ccc2c(N3CCOC(C(=O)NC4CC4)C3)ncnc21. The van der Waals surface area contributed by atoms with Crippen LogP contribution in [0, 0.1) is 0 Å². The average Bonchev–Trinajstić information content (AvgIpc) is 3.28. The molecule has 1 aliphatic heterocycles. The van der Waals surface area contributed by atoms with Crippen LogP contribution in [-0.2, 0) is 16.6 Å². The molecule has 2 fully saturated rings. The molecule has 22 heavy (non-hydrogen) atoms. The molecule has 7 nitrogen and oxygen atoms in total. The summed E-state index contributed by atoms with van der Waals surface area (Å²) in [5.41, 5.74) is 0.899. The van der Waals surface area contributed by atoms with Crippen molar-refractivity contribution in [3.63, 3.8) is 0 Å². The number of anilines is 1. The van der Waals surface area contributed by atoms with Gasteiger partial charge >= 0.3 is 0 Å². The van der Waals surface area contributed by atoms with Gasteiger partial charge < -0.3 is 19.5 Å². The summed E-state index contributed by atoms with van der Waals surface area (Å²) in [6.45, 7) is 1.79. The van der Waals surface area contributed by atoms with E-state index in [9.17, 15) is 4.79 Å². The van der Waals surface area contributed by atoms with E-state index in [1.54, 1.807) is 6.33 Å². The second kappa shape index (κ2) is 5.24. The molecule has 7 heteroatoms. The summed E-state index contributed by atoms with van der Waals surface area (Å²) in [6, 6.07) is 2.37. The van der Waals surface area contributed by atoms with Crippen molar-refractivity contribution in [3.8, 4) is 0 Å². The van der Waals surface area contributed by atoms with E-state index in [-0.39, 0.29) is 5.91 Å². The topological polar surface area (TPSA) is 72.3 Å². The predicted molar refractivity (Wildman–Crippen MR) is 81.6 cm³/mol. The first kappa shape index (κ1) is 13.5. The van der Waals surface area contributed by atoms with Crippen molar-refractivity contribution in [2.75, 3.05) is 24.6 Å². The molecule has 0 radical (unpaired) electrons. The Morgan fingerprint density at radius 3 is 3.09 bits per heavy atom. The molecule has 1 N–H and O–H groups in total. The Balaban J connectivity index is 1.56. The number of hydrogen-bond acceptors (Lipinski definition) is 5. The lowest BCUT2D eigenvalue weighted by molar-refractivity contribution is -0.133. The summed E-state index contributed by atoms with van der Waals surface area (Å²) in [5.74, 6) is 0.865. The van der Waals surface area contributed by atoms with Gasteiger partial charge in [-0.2, -0.15) is 0 Å². The Morgan fingerprint density at radius 2 is 2.27 bits per heavy atom. The van der Waals surface area contributed by atoms with Crippen LogP contribution in [0.3, 0.4) is 0 Å². The van der Waals surface area contributed by atoms with Gasteiger partial charge in [0.2, 0.25) is 0 Å². The van der Waals surface area contributed by atoms with Gasteiger partial charge in [-0.15, -0.1) is 0 Å². The number of nitrogens with zero attached hydrogens (tertiary/aromatic N) is 4. The smallest absolute Gasteiger partial charge is 0.251 e. The molecule has 0 spiro atoms. The van der Waals surface area contributed by atoms with Gasteiger partial charge in [-0.3, -0.25) is 4.79 Å². The van der Waals surface area contributed by atoms with Crippen LogP contribution in [0.25, 0.3) is 11.0 Å². The highest BCUT2D eigenvalue weighted by atomic mass is 16.5. The fourth-order valence-corrected chi connectivity index (χ4v) is 2.84. The first-order chi connectivity index (χ1) is 10.7. The second-order valence-electron chi connectivity index (χ2n) is 5.95. The second-order valence-corrected chi connectivity index (χ2v) is 5.95. The lowest BCUT2D eigenvalue weighted by Crippen LogP contribution is -2.50. The fraction of sp³-hybridized carbons (Fsp3) is 0.533. The van der Waals surface area contributed by atoms with Crippen LogP contribution in [0.15, 0.2) is 18.6 Å². The quantitative estimate of drug-likeness (QED) is 0.891. The summed E-state index contributed by atoms with van der Waals surface area (Å²) in [5, 5.41) is 4.02. The molecule has 116 valence electrons. The minimum absolute atomic E-state index is 0.00874. The fourth-order valence-electron chi connectivity index (χ4n) is 2.84. The van der Waals surface area contributed by atoms with Crippen molar-refractivity contribution >= 4 is 22.8 Å². The maximum atomic E-state index is 12.2. The predicted octanol–water partition coefficient (Wildman–Crippen LogP) is 0.452. The van der Waals surface area contributed by atoms with Crippen LogP contribution >= 0.6 is 0 Å². The standard InChI is InChI=1S/C15H19N5O2/c1-19-5-4-11-13(19)16-9-17-14(11)20-6-7-22-12(8-20)15(21)18-10-2-3-10/h4-5,9-10,12H,2-3,6-8H2,1H3,(H,18,21). The van der Waals surface area contributed by atoms with Crippen LogP contribution in [0.2, 0.25) is 0 Å². The van der Waals surface area contributed by atoms with Crippen LogP contribution in [-0.4, -0.2) is 52.3 Å². The summed E-state index contributed by atoms with van der Waals surface area (Å²) < 4.78 is 7.61. The van der Waals surface area contributed by atoms with Crippen molar-refractivity contribution in [3.05, 3.63) is 18.6 Å². The monoisotopic (exact) mass is 301 g/mol. The molecule has 2 aliphatic rings. The number of carbonyl (C=O) groups excluding carboxylic acids is 1. The molecule has 0 bridgehead atoms. The molecule has 0 aromatic carbocycles. The van der Waals surface area contributed by atoms with Crippen molar-refractivity contribution in [2.24, 2.45) is 7.05 Å². The van der Waals surface area contributed by atoms with Crippen molar-refractivity contribution in [1.82, 2.24) is 19.9 Å². The van der Waals surface area contributed by atoms with E-state index < -0.39 is 6.10 Å². The third kappa shape index (κ3) is 2.41. The molecule has 1 saturated carbocycles. The number of rotatable bonds is 3. The summed E-state index contributed by atoms with van der Waals surface area (Å²) in [7, 11) is 1.96. The first-order valence-corrected chi connectivity index (χ1v) is 7.65. The molecular weight excluding hydrogens is 282 g/mol. The Labute approximate surface area is 128 Å². The number of aromatic nitrogens is 3. The number of morpholine rings is 1. The molecule has 1 saturated heterocycles. The molecule has 2 aromatic heterocycles. The zero-order valence-corrected chi connectivity index (χ0v) is 12.5. The molecule has 4 rings (SSSR count). The largest absolute Gasteiger partial charge is 0.365 e. The van der Waals surface area contributed by atoms with Crippen molar-refractivity contribution in [1.29, 1.82) is 0 Å². The van der Waals surface area contributed by atoms with Gasteiger partial charge in [-0.1, -0.05) is 0 Å². The normalized spacial score (nSPS) is 22.0. The highest BCUT2D eigenvalue weighted by Crippen LogP contribution is 2.25. The molecule has 1 atom stereocenters. The van der Waals surface area contributed by atoms with Gasteiger partial charge in [-0.05, 0) is 18.9 Å². The first-order valence-electron chi connectivity index (χ1n) is 7.65. The average molecular weight is 301 g/mol. The third-order valence-electron chi connectivity index (χ3n) is 4.22. The number of carbonyl (C=O) groups is 1. The molecule has 3 heterocycles. The summed E-state index contributed by atoms with van der Waals surface area (Å²) in [4.78, 5) is 23.0. The Kier molecular flexibility index (Phi) is 3.22. The maximum Gasteiger partial charge on any atom is 0.251 e. The Hall–Kier alpha value is -2.15. The highest BCUT2D eigenvalue weighted by molar-refractivity contribution is 5.88. The van der Waals surface area contributed by atoms with E-state index in [1.807, 2.05) is 23.9 Å².